The lowest BCUT2D eigenvalue weighted by Crippen LogP contribution is -2.21. The topological polar surface area (TPSA) is 0 Å². The summed E-state index contributed by atoms with van der Waals surface area (Å²) in [5.41, 5.74) is 3.08. The molecule has 0 heterocycles. The number of allylic oxidation sites excluding steroid dienone is 1. The van der Waals surface area contributed by atoms with Crippen LogP contribution in [0, 0.1) is 0 Å². The highest BCUT2D eigenvalue weighted by molar-refractivity contribution is 6.93. The van der Waals surface area contributed by atoms with Crippen molar-refractivity contribution in [2.45, 2.75) is 38.9 Å². The van der Waals surface area contributed by atoms with Crippen molar-refractivity contribution in [3.63, 3.8) is 0 Å². The molecule has 0 nitrogen and oxygen atoms in total. The van der Waals surface area contributed by atoms with Crippen molar-refractivity contribution in [3.05, 3.63) is 41.5 Å². The number of fused-ring (bicyclic) bond motifs is 1. The van der Waals surface area contributed by atoms with Gasteiger partial charge in [0.25, 0.3) is 0 Å². The summed E-state index contributed by atoms with van der Waals surface area (Å²) in [4.78, 5) is 0. The lowest BCUT2D eigenvalue weighted by Gasteiger charge is -2.19. The fourth-order valence-corrected chi connectivity index (χ4v) is 4.18. The molecule has 2 rings (SSSR count). The summed E-state index contributed by atoms with van der Waals surface area (Å²) in [5.74, 6) is 0.669. The average Bonchev–Trinajstić information content (AvgIpc) is 2.55. The van der Waals surface area contributed by atoms with Crippen LogP contribution in [-0.2, 0) is 0 Å². The first-order chi connectivity index (χ1) is 7.04. The Morgan fingerprint density at radius 3 is 2.40 bits per heavy atom. The summed E-state index contributed by atoms with van der Waals surface area (Å²) >= 11 is 0. The van der Waals surface area contributed by atoms with E-state index >= 15 is 0 Å². The molecule has 1 aromatic rings. The Labute approximate surface area is 94.0 Å². The Kier molecular flexibility index (Phi) is 2.59. The first kappa shape index (κ1) is 10.7. The van der Waals surface area contributed by atoms with E-state index in [-0.39, 0.29) is 0 Å². The van der Waals surface area contributed by atoms with Gasteiger partial charge in [0, 0.05) is 5.92 Å². The third kappa shape index (κ3) is 1.81. The molecule has 0 N–H and O–H groups in total. The second-order valence-corrected chi connectivity index (χ2v) is 10.5. The highest BCUT2D eigenvalue weighted by Gasteiger charge is 2.29. The van der Waals surface area contributed by atoms with Crippen molar-refractivity contribution < 1.29 is 0 Å². The predicted molar refractivity (Wildman–Crippen MR) is 70.8 cm³/mol. The summed E-state index contributed by atoms with van der Waals surface area (Å²) in [5, 5.41) is 1.66. The van der Waals surface area contributed by atoms with E-state index in [1.54, 1.807) is 10.8 Å². The fourth-order valence-electron chi connectivity index (χ4n) is 2.44. The second kappa shape index (κ2) is 3.64. The third-order valence-electron chi connectivity index (χ3n) is 3.27. The first-order valence-corrected chi connectivity index (χ1v) is 9.35. The first-order valence-electron chi connectivity index (χ1n) is 5.85. The van der Waals surface area contributed by atoms with Gasteiger partial charge in [-0.15, -0.1) is 0 Å². The Morgan fingerprint density at radius 2 is 1.80 bits per heavy atom. The standard InChI is InChI=1S/C14H20Si/c1-5-11-10-14(15(2,3)4)13-9-7-6-8-12(11)13/h6-11H,5H2,1-4H3. The van der Waals surface area contributed by atoms with Crippen LogP contribution in [0.2, 0.25) is 19.6 Å². The van der Waals surface area contributed by atoms with Crippen LogP contribution in [0.1, 0.15) is 30.4 Å². The quantitative estimate of drug-likeness (QED) is 0.641. The molecule has 0 fully saturated rings. The van der Waals surface area contributed by atoms with Gasteiger partial charge >= 0.3 is 0 Å². The van der Waals surface area contributed by atoms with Crippen molar-refractivity contribution in [2.24, 2.45) is 0 Å². The highest BCUT2D eigenvalue weighted by atomic mass is 28.3. The Hall–Kier alpha value is -0.823. The maximum atomic E-state index is 2.52. The molecule has 0 saturated carbocycles. The molecule has 0 saturated heterocycles. The molecule has 1 aromatic carbocycles. The molecule has 0 spiro atoms. The molecule has 1 aliphatic rings. The summed E-state index contributed by atoms with van der Waals surface area (Å²) in [6.07, 6.45) is 3.75. The smallest absolute Gasteiger partial charge is 0.0771 e. The third-order valence-corrected chi connectivity index (χ3v) is 5.32. The van der Waals surface area contributed by atoms with E-state index < -0.39 is 8.07 Å². The number of rotatable bonds is 2. The zero-order valence-corrected chi connectivity index (χ0v) is 11.2. The number of benzene rings is 1. The molecule has 0 aromatic heterocycles. The molecule has 0 aliphatic heterocycles. The lowest BCUT2D eigenvalue weighted by molar-refractivity contribution is 0.818. The summed E-state index contributed by atoms with van der Waals surface area (Å²) in [7, 11) is -1.17. The maximum Gasteiger partial charge on any atom is 0.0780 e. The number of hydrogen-bond acceptors (Lipinski definition) is 0. The molecule has 15 heavy (non-hydrogen) atoms. The Balaban J connectivity index is 2.52. The Bertz CT molecular complexity index is 396. The van der Waals surface area contributed by atoms with Gasteiger partial charge in [0.05, 0.1) is 8.07 Å². The van der Waals surface area contributed by atoms with E-state index in [1.165, 1.54) is 12.0 Å². The van der Waals surface area contributed by atoms with Crippen LogP contribution in [-0.4, -0.2) is 8.07 Å². The minimum absolute atomic E-state index is 0.669. The summed E-state index contributed by atoms with van der Waals surface area (Å²) < 4.78 is 0. The van der Waals surface area contributed by atoms with Crippen LogP contribution in [0.15, 0.2) is 30.3 Å². The van der Waals surface area contributed by atoms with Gasteiger partial charge in [-0.2, -0.15) is 0 Å². The molecular weight excluding hydrogens is 196 g/mol. The average molecular weight is 216 g/mol. The normalized spacial score (nSPS) is 20.0. The van der Waals surface area contributed by atoms with Gasteiger partial charge in [0.2, 0.25) is 0 Å². The van der Waals surface area contributed by atoms with Crippen LogP contribution < -0.4 is 0 Å². The maximum absolute atomic E-state index is 2.52. The van der Waals surface area contributed by atoms with Crippen LogP contribution in [0.4, 0.5) is 0 Å². The van der Waals surface area contributed by atoms with Crippen LogP contribution >= 0.6 is 0 Å². The Morgan fingerprint density at radius 1 is 1.13 bits per heavy atom. The molecule has 0 amide bonds. The minimum Gasteiger partial charge on any atom is -0.0771 e. The van der Waals surface area contributed by atoms with Gasteiger partial charge in [-0.3, -0.25) is 0 Å². The monoisotopic (exact) mass is 216 g/mol. The van der Waals surface area contributed by atoms with Gasteiger partial charge in [0.1, 0.15) is 0 Å². The molecular formula is C14H20Si. The van der Waals surface area contributed by atoms with E-state index in [2.05, 4.69) is 56.9 Å². The molecule has 80 valence electrons. The largest absolute Gasteiger partial charge is 0.0780 e. The molecule has 1 aliphatic carbocycles. The van der Waals surface area contributed by atoms with E-state index in [1.807, 2.05) is 0 Å². The van der Waals surface area contributed by atoms with E-state index in [4.69, 9.17) is 0 Å². The van der Waals surface area contributed by atoms with Gasteiger partial charge in [-0.05, 0) is 17.5 Å². The van der Waals surface area contributed by atoms with Crippen molar-refractivity contribution in [1.29, 1.82) is 0 Å². The van der Waals surface area contributed by atoms with E-state index in [0.717, 1.165) is 0 Å². The minimum atomic E-state index is -1.17. The lowest BCUT2D eigenvalue weighted by atomic mass is 9.99. The second-order valence-electron chi connectivity index (χ2n) is 5.43. The van der Waals surface area contributed by atoms with Crippen molar-refractivity contribution in [1.82, 2.24) is 0 Å². The van der Waals surface area contributed by atoms with E-state index in [9.17, 15) is 0 Å². The fraction of sp³-hybridized carbons (Fsp3) is 0.429. The van der Waals surface area contributed by atoms with Crippen LogP contribution in [0.3, 0.4) is 0 Å². The molecule has 1 heteroatoms. The highest BCUT2D eigenvalue weighted by Crippen LogP contribution is 2.41. The molecule has 1 atom stereocenters. The zero-order chi connectivity index (χ0) is 11.1. The number of hydrogen-bond donors (Lipinski definition) is 0. The summed E-state index contributed by atoms with van der Waals surface area (Å²) in [6.45, 7) is 9.60. The van der Waals surface area contributed by atoms with Gasteiger partial charge in [0.15, 0.2) is 0 Å². The SMILES string of the molecule is CCC1C=C([Si](C)(C)C)c2ccccc21. The van der Waals surface area contributed by atoms with Crippen molar-refractivity contribution in [3.8, 4) is 0 Å². The van der Waals surface area contributed by atoms with Gasteiger partial charge < -0.3 is 0 Å². The van der Waals surface area contributed by atoms with E-state index in [0.29, 0.717) is 5.92 Å². The zero-order valence-electron chi connectivity index (χ0n) is 10.2. The molecule has 0 radical (unpaired) electrons. The van der Waals surface area contributed by atoms with Crippen molar-refractivity contribution in [2.75, 3.05) is 0 Å². The van der Waals surface area contributed by atoms with Gasteiger partial charge in [-0.1, -0.05) is 62.1 Å². The summed E-state index contributed by atoms with van der Waals surface area (Å²) in [6, 6.07) is 8.94. The predicted octanol–water partition coefficient (Wildman–Crippen LogP) is 4.45. The molecule has 0 bridgehead atoms. The van der Waals surface area contributed by atoms with Crippen molar-refractivity contribution >= 4 is 13.3 Å². The molecule has 1 unspecified atom stereocenters. The van der Waals surface area contributed by atoms with Crippen LogP contribution in [0.25, 0.3) is 5.20 Å². The van der Waals surface area contributed by atoms with Gasteiger partial charge in [-0.25, -0.2) is 0 Å². The van der Waals surface area contributed by atoms with Crippen LogP contribution in [0.5, 0.6) is 0 Å².